The van der Waals surface area contributed by atoms with Gasteiger partial charge in [-0.2, -0.15) is 12.6 Å². The number of aromatic hydroxyl groups is 1. The van der Waals surface area contributed by atoms with E-state index in [1.54, 1.807) is 0 Å². The van der Waals surface area contributed by atoms with Crippen molar-refractivity contribution >= 4 is 58.0 Å². The fourth-order valence-corrected chi connectivity index (χ4v) is 2.30. The molecular formula is C10H8Cl2N4OS2. The van der Waals surface area contributed by atoms with Crippen LogP contribution in [0.2, 0.25) is 10.0 Å². The second-order valence-electron chi connectivity index (χ2n) is 3.55. The minimum absolute atomic E-state index is 0.00634. The van der Waals surface area contributed by atoms with Crippen LogP contribution in [0, 0.1) is 0 Å². The van der Waals surface area contributed by atoms with Crippen molar-refractivity contribution in [3.05, 3.63) is 27.2 Å². The van der Waals surface area contributed by atoms with Gasteiger partial charge in [0.2, 0.25) is 0 Å². The Hall–Kier alpha value is -0.890. The first-order valence-electron chi connectivity index (χ1n) is 5.08. The Morgan fingerprint density at radius 3 is 2.63 bits per heavy atom. The van der Waals surface area contributed by atoms with Crippen molar-refractivity contribution in [3.8, 4) is 5.75 Å². The molecule has 5 nitrogen and oxygen atoms in total. The van der Waals surface area contributed by atoms with Gasteiger partial charge in [0, 0.05) is 6.07 Å². The highest BCUT2D eigenvalue weighted by molar-refractivity contribution is 7.80. The second-order valence-corrected chi connectivity index (χ2v) is 6.13. The third kappa shape index (κ3) is 3.56. The Balaban J connectivity index is 2.24. The van der Waals surface area contributed by atoms with Crippen molar-refractivity contribution < 1.29 is 5.11 Å². The molecule has 1 heterocycles. The zero-order valence-corrected chi connectivity index (χ0v) is 12.8. The summed E-state index contributed by atoms with van der Waals surface area (Å²) in [6.45, 7) is 1.89. The molecule has 0 aliphatic carbocycles. The van der Waals surface area contributed by atoms with E-state index in [9.17, 15) is 5.11 Å². The van der Waals surface area contributed by atoms with Gasteiger partial charge in [0.15, 0.2) is 0 Å². The lowest BCUT2D eigenvalue weighted by Crippen LogP contribution is -1.80. The van der Waals surface area contributed by atoms with Crippen LogP contribution >= 0.6 is 47.2 Å². The SMILES string of the molecule is CC(S)c1nnc(N=Nc2cc(Cl)c(O)cc2Cl)s1. The van der Waals surface area contributed by atoms with Crippen LogP contribution in [-0.4, -0.2) is 15.3 Å². The molecule has 1 aromatic carbocycles. The molecule has 0 saturated heterocycles. The van der Waals surface area contributed by atoms with Gasteiger partial charge >= 0.3 is 0 Å². The van der Waals surface area contributed by atoms with Crippen LogP contribution in [0.1, 0.15) is 17.2 Å². The fraction of sp³-hybridized carbons (Fsp3) is 0.200. The molecule has 1 N–H and O–H groups in total. The zero-order chi connectivity index (χ0) is 14.0. The van der Waals surface area contributed by atoms with Gasteiger partial charge in [0.1, 0.15) is 16.4 Å². The van der Waals surface area contributed by atoms with E-state index in [0.717, 1.165) is 5.01 Å². The van der Waals surface area contributed by atoms with Gasteiger partial charge in [0.05, 0.1) is 15.3 Å². The molecule has 2 rings (SSSR count). The summed E-state index contributed by atoms with van der Waals surface area (Å²) >= 11 is 17.2. The molecule has 100 valence electrons. The van der Waals surface area contributed by atoms with Crippen LogP contribution in [0.25, 0.3) is 0 Å². The molecule has 0 bridgehead atoms. The number of phenolic OH excluding ortho intramolecular Hbond substituents is 1. The molecule has 1 aromatic heterocycles. The number of hydrogen-bond acceptors (Lipinski definition) is 7. The molecule has 0 aliphatic heterocycles. The Bertz CT molecular complexity index is 630. The minimum atomic E-state index is -0.104. The Kier molecular flexibility index (Phi) is 4.62. The minimum Gasteiger partial charge on any atom is -0.506 e. The highest BCUT2D eigenvalue weighted by Crippen LogP contribution is 2.36. The van der Waals surface area contributed by atoms with E-state index in [4.69, 9.17) is 23.2 Å². The standard InChI is InChI=1S/C10H8Cl2N4OS2/c1-4(18)9-14-16-10(19-9)15-13-7-2-6(12)8(17)3-5(7)11/h2-4,17-18H,1H3. The number of benzene rings is 1. The summed E-state index contributed by atoms with van der Waals surface area (Å²) in [5, 5.41) is 26.5. The normalized spacial score (nSPS) is 13.1. The van der Waals surface area contributed by atoms with E-state index in [1.807, 2.05) is 6.92 Å². The maximum Gasteiger partial charge on any atom is 0.251 e. The molecule has 0 radical (unpaired) electrons. The Labute approximate surface area is 128 Å². The molecule has 0 fully saturated rings. The quantitative estimate of drug-likeness (QED) is 0.615. The molecule has 1 atom stereocenters. The van der Waals surface area contributed by atoms with Crippen LogP contribution in [0.15, 0.2) is 22.4 Å². The highest BCUT2D eigenvalue weighted by atomic mass is 35.5. The maximum absolute atomic E-state index is 9.36. The van der Waals surface area contributed by atoms with Crippen LogP contribution in [0.5, 0.6) is 5.75 Å². The number of nitrogens with zero attached hydrogens (tertiary/aromatic N) is 4. The number of hydrogen-bond donors (Lipinski definition) is 2. The summed E-state index contributed by atoms with van der Waals surface area (Å²) in [5.74, 6) is -0.104. The fourth-order valence-electron chi connectivity index (χ4n) is 1.13. The number of halogens is 2. The lowest BCUT2D eigenvalue weighted by Gasteiger charge is -1.99. The molecule has 2 aromatic rings. The van der Waals surface area contributed by atoms with Gasteiger partial charge in [-0.05, 0) is 13.0 Å². The maximum atomic E-state index is 9.36. The summed E-state index contributed by atoms with van der Waals surface area (Å²) in [6, 6.07) is 2.73. The van der Waals surface area contributed by atoms with E-state index in [1.165, 1.54) is 23.5 Å². The number of thiol groups is 1. The number of azo groups is 1. The number of rotatable bonds is 3. The van der Waals surface area contributed by atoms with Crippen LogP contribution in [0.3, 0.4) is 0 Å². The zero-order valence-electron chi connectivity index (χ0n) is 9.58. The lowest BCUT2D eigenvalue weighted by molar-refractivity contribution is 0.475. The van der Waals surface area contributed by atoms with Gasteiger partial charge in [-0.3, -0.25) is 0 Å². The summed E-state index contributed by atoms with van der Waals surface area (Å²) in [6.07, 6.45) is 0. The molecule has 0 aliphatic rings. The molecule has 19 heavy (non-hydrogen) atoms. The summed E-state index contributed by atoms with van der Waals surface area (Å²) in [7, 11) is 0. The van der Waals surface area contributed by atoms with Crippen molar-refractivity contribution in [2.24, 2.45) is 10.2 Å². The van der Waals surface area contributed by atoms with Gasteiger partial charge in [0.25, 0.3) is 5.13 Å². The van der Waals surface area contributed by atoms with Crippen molar-refractivity contribution in [3.63, 3.8) is 0 Å². The molecule has 1 unspecified atom stereocenters. The predicted octanol–water partition coefficient (Wildman–Crippen LogP) is 4.96. The van der Waals surface area contributed by atoms with E-state index in [0.29, 0.717) is 10.8 Å². The Morgan fingerprint density at radius 1 is 1.26 bits per heavy atom. The third-order valence-corrected chi connectivity index (χ3v) is 4.06. The summed E-state index contributed by atoms with van der Waals surface area (Å²) in [4.78, 5) is 0. The van der Waals surface area contributed by atoms with E-state index in [-0.39, 0.29) is 21.0 Å². The monoisotopic (exact) mass is 334 g/mol. The summed E-state index contributed by atoms with van der Waals surface area (Å²) in [5.41, 5.74) is 0.347. The van der Waals surface area contributed by atoms with E-state index >= 15 is 0 Å². The average Bonchev–Trinajstić information content (AvgIpc) is 2.81. The van der Waals surface area contributed by atoms with Crippen molar-refractivity contribution in [2.45, 2.75) is 12.2 Å². The first-order valence-corrected chi connectivity index (χ1v) is 7.17. The first kappa shape index (κ1) is 14.5. The van der Waals surface area contributed by atoms with E-state index < -0.39 is 0 Å². The van der Waals surface area contributed by atoms with Gasteiger partial charge < -0.3 is 5.11 Å². The molecule has 0 spiro atoms. The van der Waals surface area contributed by atoms with Crippen LogP contribution in [-0.2, 0) is 0 Å². The second kappa shape index (κ2) is 6.04. The van der Waals surface area contributed by atoms with Crippen molar-refractivity contribution in [1.82, 2.24) is 10.2 Å². The average molecular weight is 335 g/mol. The molecular weight excluding hydrogens is 327 g/mol. The molecule has 0 amide bonds. The topological polar surface area (TPSA) is 70.7 Å². The highest BCUT2D eigenvalue weighted by Gasteiger charge is 2.09. The van der Waals surface area contributed by atoms with Gasteiger partial charge in [-0.15, -0.1) is 20.4 Å². The third-order valence-electron chi connectivity index (χ3n) is 2.05. The predicted molar refractivity (Wildman–Crippen MR) is 79.6 cm³/mol. The van der Waals surface area contributed by atoms with Crippen LogP contribution in [0.4, 0.5) is 10.8 Å². The molecule has 0 saturated carbocycles. The first-order chi connectivity index (χ1) is 8.97. The number of phenols is 1. The van der Waals surface area contributed by atoms with Crippen molar-refractivity contribution in [1.29, 1.82) is 0 Å². The van der Waals surface area contributed by atoms with Gasteiger partial charge in [-0.1, -0.05) is 34.5 Å². The number of aromatic nitrogens is 2. The van der Waals surface area contributed by atoms with Crippen LogP contribution < -0.4 is 0 Å². The largest absolute Gasteiger partial charge is 0.506 e. The lowest BCUT2D eigenvalue weighted by atomic mass is 10.3. The van der Waals surface area contributed by atoms with E-state index in [2.05, 4.69) is 33.1 Å². The van der Waals surface area contributed by atoms with Crippen molar-refractivity contribution in [2.75, 3.05) is 0 Å². The van der Waals surface area contributed by atoms with Gasteiger partial charge in [-0.25, -0.2) is 0 Å². The smallest absolute Gasteiger partial charge is 0.251 e. The molecule has 9 heteroatoms. The Morgan fingerprint density at radius 2 is 2.00 bits per heavy atom. The summed E-state index contributed by atoms with van der Waals surface area (Å²) < 4.78 is 0.